The van der Waals surface area contributed by atoms with E-state index < -0.39 is 0 Å². The molecule has 1 amide bonds. The number of hydrogen-bond acceptors (Lipinski definition) is 2. The minimum absolute atomic E-state index is 0.0550. The molecule has 3 nitrogen and oxygen atoms in total. The first kappa shape index (κ1) is 12.0. The van der Waals surface area contributed by atoms with Crippen molar-refractivity contribution in [3.8, 4) is 5.75 Å². The van der Waals surface area contributed by atoms with E-state index in [2.05, 4.69) is 12.2 Å². The molecule has 0 radical (unpaired) electrons. The summed E-state index contributed by atoms with van der Waals surface area (Å²) in [6, 6.07) is 4.93. The molecule has 0 aromatic heterocycles. The molecule has 2 N–H and O–H groups in total. The van der Waals surface area contributed by atoms with Crippen LogP contribution in [0.5, 0.6) is 5.75 Å². The van der Waals surface area contributed by atoms with Gasteiger partial charge in [-0.3, -0.25) is 4.79 Å². The molecule has 1 aliphatic carbocycles. The molecule has 0 spiro atoms. The lowest BCUT2D eigenvalue weighted by Crippen LogP contribution is -2.29. The van der Waals surface area contributed by atoms with Gasteiger partial charge in [-0.1, -0.05) is 6.92 Å². The Morgan fingerprint density at radius 2 is 2.24 bits per heavy atom. The third-order valence-electron chi connectivity index (χ3n) is 3.47. The number of nitrogens with one attached hydrogen (secondary N) is 1. The molecule has 1 aromatic carbocycles. The summed E-state index contributed by atoms with van der Waals surface area (Å²) in [7, 11) is 0. The van der Waals surface area contributed by atoms with Crippen LogP contribution in [0, 0.1) is 18.8 Å². The molecular weight excluding hydrogens is 214 g/mol. The molecule has 17 heavy (non-hydrogen) atoms. The molecular formula is C14H19NO2. The Bertz CT molecular complexity index is 424. The van der Waals surface area contributed by atoms with Gasteiger partial charge in [-0.25, -0.2) is 0 Å². The number of benzene rings is 1. The lowest BCUT2D eigenvalue weighted by molar-refractivity contribution is 0.0946. The number of aromatic hydroxyl groups is 1. The summed E-state index contributed by atoms with van der Waals surface area (Å²) in [5.74, 6) is 1.54. The zero-order valence-corrected chi connectivity index (χ0v) is 10.4. The second-order valence-corrected chi connectivity index (χ2v) is 5.03. The molecule has 0 saturated heterocycles. The fourth-order valence-corrected chi connectivity index (χ4v) is 1.98. The molecule has 2 rings (SSSR count). The van der Waals surface area contributed by atoms with E-state index in [1.165, 1.54) is 12.8 Å². The second-order valence-electron chi connectivity index (χ2n) is 5.03. The summed E-state index contributed by atoms with van der Waals surface area (Å²) in [4.78, 5) is 11.9. The number of aryl methyl sites for hydroxylation is 1. The summed E-state index contributed by atoms with van der Waals surface area (Å²) in [5, 5.41) is 12.3. The largest absolute Gasteiger partial charge is 0.508 e. The first-order chi connectivity index (χ1) is 8.08. The number of phenolic OH excluding ortho intramolecular Hbond substituents is 1. The minimum Gasteiger partial charge on any atom is -0.508 e. The van der Waals surface area contributed by atoms with E-state index in [0.717, 1.165) is 18.0 Å². The van der Waals surface area contributed by atoms with Gasteiger partial charge in [0.25, 0.3) is 5.91 Å². The van der Waals surface area contributed by atoms with Crippen molar-refractivity contribution in [3.63, 3.8) is 0 Å². The van der Waals surface area contributed by atoms with Crippen LogP contribution in [0.4, 0.5) is 0 Å². The lowest BCUT2D eigenvalue weighted by Gasteiger charge is -2.11. The average Bonchev–Trinajstić information content (AvgIpc) is 3.13. The van der Waals surface area contributed by atoms with Crippen molar-refractivity contribution in [3.05, 3.63) is 29.3 Å². The van der Waals surface area contributed by atoms with Crippen molar-refractivity contribution in [2.24, 2.45) is 11.8 Å². The quantitative estimate of drug-likeness (QED) is 0.839. The van der Waals surface area contributed by atoms with Crippen LogP contribution in [0.2, 0.25) is 0 Å². The molecule has 92 valence electrons. The number of carbonyl (C=O) groups is 1. The van der Waals surface area contributed by atoms with Crippen molar-refractivity contribution in [1.82, 2.24) is 5.32 Å². The summed E-state index contributed by atoms with van der Waals surface area (Å²) in [6.07, 6.45) is 2.60. The van der Waals surface area contributed by atoms with E-state index >= 15 is 0 Å². The maximum Gasteiger partial charge on any atom is 0.251 e. The average molecular weight is 233 g/mol. The van der Waals surface area contributed by atoms with Gasteiger partial charge in [0.15, 0.2) is 0 Å². The van der Waals surface area contributed by atoms with E-state index in [1.807, 2.05) is 0 Å². The molecule has 1 fully saturated rings. The van der Waals surface area contributed by atoms with Crippen LogP contribution in [-0.4, -0.2) is 17.6 Å². The van der Waals surface area contributed by atoms with Crippen molar-refractivity contribution >= 4 is 5.91 Å². The van der Waals surface area contributed by atoms with Gasteiger partial charge in [-0.05, 0) is 55.4 Å². The number of amides is 1. The van der Waals surface area contributed by atoms with Crippen LogP contribution in [0.15, 0.2) is 18.2 Å². The Kier molecular flexibility index (Phi) is 3.36. The molecule has 3 heteroatoms. The zero-order chi connectivity index (χ0) is 12.4. The first-order valence-corrected chi connectivity index (χ1v) is 6.15. The van der Waals surface area contributed by atoms with Crippen molar-refractivity contribution in [2.75, 3.05) is 6.54 Å². The summed E-state index contributed by atoms with van der Waals surface area (Å²) >= 11 is 0. The van der Waals surface area contributed by atoms with Crippen LogP contribution in [-0.2, 0) is 0 Å². The van der Waals surface area contributed by atoms with Crippen molar-refractivity contribution in [1.29, 1.82) is 0 Å². The maximum atomic E-state index is 11.9. The highest BCUT2D eigenvalue weighted by Gasteiger charge is 2.27. The van der Waals surface area contributed by atoms with Crippen LogP contribution in [0.25, 0.3) is 0 Å². The zero-order valence-electron chi connectivity index (χ0n) is 10.4. The lowest BCUT2D eigenvalue weighted by atomic mass is 10.1. The van der Waals surface area contributed by atoms with Gasteiger partial charge in [0.05, 0.1) is 0 Å². The Labute approximate surface area is 102 Å². The smallest absolute Gasteiger partial charge is 0.251 e. The van der Waals surface area contributed by atoms with Gasteiger partial charge in [0.1, 0.15) is 5.75 Å². The normalized spacial score (nSPS) is 16.6. The van der Waals surface area contributed by atoms with Gasteiger partial charge in [0, 0.05) is 12.1 Å². The van der Waals surface area contributed by atoms with Crippen molar-refractivity contribution < 1.29 is 9.90 Å². The van der Waals surface area contributed by atoms with Crippen molar-refractivity contribution in [2.45, 2.75) is 26.7 Å². The van der Waals surface area contributed by atoms with Gasteiger partial charge in [0.2, 0.25) is 0 Å². The highest BCUT2D eigenvalue weighted by Crippen LogP contribution is 2.36. The predicted molar refractivity (Wildman–Crippen MR) is 67.1 cm³/mol. The Balaban J connectivity index is 1.92. The second kappa shape index (κ2) is 4.78. The molecule has 0 heterocycles. The Hall–Kier alpha value is -1.51. The predicted octanol–water partition coefficient (Wildman–Crippen LogP) is 2.48. The molecule has 1 saturated carbocycles. The molecule has 0 aliphatic heterocycles. The first-order valence-electron chi connectivity index (χ1n) is 6.15. The van der Waals surface area contributed by atoms with E-state index in [1.54, 1.807) is 25.1 Å². The fourth-order valence-electron chi connectivity index (χ4n) is 1.98. The topological polar surface area (TPSA) is 49.3 Å². The molecule has 1 aromatic rings. The third kappa shape index (κ3) is 2.99. The van der Waals surface area contributed by atoms with Crippen LogP contribution < -0.4 is 5.32 Å². The standard InChI is InChI=1S/C14H19NO2/c1-9-7-12(5-6-13(9)16)14(17)15-8-10(2)11-3-4-11/h5-7,10-11,16H,3-4,8H2,1-2H3,(H,15,17). The van der Waals surface area contributed by atoms with Crippen LogP contribution >= 0.6 is 0 Å². The Morgan fingerprint density at radius 3 is 2.82 bits per heavy atom. The van der Waals surface area contributed by atoms with E-state index in [-0.39, 0.29) is 11.7 Å². The highest BCUT2D eigenvalue weighted by atomic mass is 16.3. The Morgan fingerprint density at radius 1 is 1.53 bits per heavy atom. The molecule has 1 unspecified atom stereocenters. The molecule has 0 bridgehead atoms. The number of rotatable bonds is 4. The van der Waals surface area contributed by atoms with E-state index in [9.17, 15) is 9.90 Å². The minimum atomic E-state index is -0.0550. The SMILES string of the molecule is Cc1cc(C(=O)NCC(C)C2CC2)ccc1O. The number of carbonyl (C=O) groups excluding carboxylic acids is 1. The molecule has 1 aliphatic rings. The maximum absolute atomic E-state index is 11.9. The fraction of sp³-hybridized carbons (Fsp3) is 0.500. The number of hydrogen-bond donors (Lipinski definition) is 2. The van der Waals surface area contributed by atoms with Gasteiger partial charge >= 0.3 is 0 Å². The third-order valence-corrected chi connectivity index (χ3v) is 3.47. The highest BCUT2D eigenvalue weighted by molar-refractivity contribution is 5.94. The van der Waals surface area contributed by atoms with E-state index in [0.29, 0.717) is 11.5 Å². The van der Waals surface area contributed by atoms with Gasteiger partial charge < -0.3 is 10.4 Å². The van der Waals surface area contributed by atoms with Crippen LogP contribution in [0.3, 0.4) is 0 Å². The van der Waals surface area contributed by atoms with Gasteiger partial charge in [-0.2, -0.15) is 0 Å². The van der Waals surface area contributed by atoms with E-state index in [4.69, 9.17) is 0 Å². The van der Waals surface area contributed by atoms with Gasteiger partial charge in [-0.15, -0.1) is 0 Å². The monoisotopic (exact) mass is 233 g/mol. The molecule has 1 atom stereocenters. The summed E-state index contributed by atoms with van der Waals surface area (Å²) in [6.45, 7) is 4.71. The summed E-state index contributed by atoms with van der Waals surface area (Å²) < 4.78 is 0. The summed E-state index contributed by atoms with van der Waals surface area (Å²) in [5.41, 5.74) is 1.34. The number of phenols is 1. The van der Waals surface area contributed by atoms with Crippen LogP contribution in [0.1, 0.15) is 35.7 Å².